The molecule has 6 nitrogen and oxygen atoms in total. The van der Waals surface area contributed by atoms with Gasteiger partial charge >= 0.3 is 6.18 Å². The quantitative estimate of drug-likeness (QED) is 0.680. The summed E-state index contributed by atoms with van der Waals surface area (Å²) < 4.78 is 42.8. The maximum absolute atomic E-state index is 12.4. The summed E-state index contributed by atoms with van der Waals surface area (Å²) in [6.45, 7) is 1.66. The lowest BCUT2D eigenvalue weighted by atomic mass is 10.3. The molecule has 3 aromatic rings. The Morgan fingerprint density at radius 1 is 1.33 bits per heavy atom. The average Bonchev–Trinajstić information content (AvgIpc) is 2.87. The Kier molecular flexibility index (Phi) is 2.17. The van der Waals surface area contributed by atoms with Gasteiger partial charge in [0.05, 0.1) is 6.20 Å². The van der Waals surface area contributed by atoms with Gasteiger partial charge in [-0.2, -0.15) is 13.2 Å². The lowest BCUT2D eigenvalue weighted by molar-refractivity contribution is -0.138. The van der Waals surface area contributed by atoms with Crippen molar-refractivity contribution < 1.29 is 17.8 Å². The van der Waals surface area contributed by atoms with Gasteiger partial charge in [0.1, 0.15) is 11.4 Å². The first kappa shape index (κ1) is 11.1. The van der Waals surface area contributed by atoms with Crippen molar-refractivity contribution in [2.75, 3.05) is 0 Å². The van der Waals surface area contributed by atoms with E-state index in [2.05, 4.69) is 25.0 Å². The minimum atomic E-state index is -4.46. The number of halogens is 3. The monoisotopic (exact) mass is 275 g/mol. The van der Waals surface area contributed by atoms with E-state index in [1.807, 2.05) is 0 Å². The predicted octanol–water partition coefficient (Wildman–Crippen LogP) is 2.17. The van der Waals surface area contributed by atoms with E-state index in [0.717, 1.165) is 4.52 Å². The Balaban J connectivity index is 2.09. The van der Waals surface area contributed by atoms with Crippen LogP contribution in [0, 0.1) is 6.92 Å². The summed E-state index contributed by atoms with van der Waals surface area (Å²) in [6, 6.07) is 0. The standard InChI is InChI=1S/C8H4F3N5OS/c1-3-5(15-17-14-3)4-2-16-7(12-4)18-6(13-16)8(9,10)11/h2H,1H3. The maximum Gasteiger partial charge on any atom is 0.445 e. The molecule has 10 heteroatoms. The molecular formula is C8H4F3N5OS. The van der Waals surface area contributed by atoms with E-state index in [-0.39, 0.29) is 4.96 Å². The predicted molar refractivity (Wildman–Crippen MR) is 53.9 cm³/mol. The van der Waals surface area contributed by atoms with Crippen LogP contribution in [-0.2, 0) is 6.18 Å². The van der Waals surface area contributed by atoms with Gasteiger partial charge in [-0.3, -0.25) is 0 Å². The highest BCUT2D eigenvalue weighted by Crippen LogP contribution is 2.33. The van der Waals surface area contributed by atoms with Crippen molar-refractivity contribution in [2.24, 2.45) is 0 Å². The van der Waals surface area contributed by atoms with Gasteiger partial charge in [0.15, 0.2) is 5.69 Å². The highest BCUT2D eigenvalue weighted by molar-refractivity contribution is 7.16. The van der Waals surface area contributed by atoms with Crippen molar-refractivity contribution in [2.45, 2.75) is 13.1 Å². The van der Waals surface area contributed by atoms with Crippen LogP contribution in [0.3, 0.4) is 0 Å². The van der Waals surface area contributed by atoms with Crippen molar-refractivity contribution in [1.82, 2.24) is 24.9 Å². The lowest BCUT2D eigenvalue weighted by Gasteiger charge is -1.97. The molecule has 94 valence electrons. The molecule has 0 atom stereocenters. The zero-order valence-electron chi connectivity index (χ0n) is 8.76. The zero-order valence-corrected chi connectivity index (χ0v) is 9.58. The minimum Gasteiger partial charge on any atom is -0.244 e. The van der Waals surface area contributed by atoms with Crippen molar-refractivity contribution in [1.29, 1.82) is 0 Å². The zero-order chi connectivity index (χ0) is 12.9. The van der Waals surface area contributed by atoms with E-state index >= 15 is 0 Å². The number of aryl methyl sites for hydroxylation is 1. The van der Waals surface area contributed by atoms with Crippen molar-refractivity contribution in [3.05, 3.63) is 16.9 Å². The number of nitrogens with zero attached hydrogens (tertiary/aromatic N) is 5. The molecule has 3 rings (SSSR count). The van der Waals surface area contributed by atoms with Gasteiger partial charge in [-0.05, 0) is 12.1 Å². The van der Waals surface area contributed by atoms with Crippen LogP contribution in [0.15, 0.2) is 10.8 Å². The summed E-state index contributed by atoms with van der Waals surface area (Å²) in [5.74, 6) is 0. The second-order valence-corrected chi connectivity index (χ2v) is 4.41. The van der Waals surface area contributed by atoms with Crippen molar-refractivity contribution in [3.63, 3.8) is 0 Å². The van der Waals surface area contributed by atoms with Gasteiger partial charge < -0.3 is 0 Å². The van der Waals surface area contributed by atoms with Crippen molar-refractivity contribution >= 4 is 16.3 Å². The fourth-order valence-corrected chi connectivity index (χ4v) is 2.14. The number of hydrogen-bond donors (Lipinski definition) is 0. The van der Waals surface area contributed by atoms with Crippen LogP contribution >= 0.6 is 11.3 Å². The van der Waals surface area contributed by atoms with Gasteiger partial charge in [0.2, 0.25) is 9.97 Å². The number of imidazole rings is 1. The SMILES string of the molecule is Cc1nonc1-c1cn2nc(C(F)(F)F)sc2n1. The van der Waals surface area contributed by atoms with E-state index < -0.39 is 11.2 Å². The summed E-state index contributed by atoms with van der Waals surface area (Å²) >= 11 is 0.465. The third-order valence-corrected chi connectivity index (χ3v) is 3.15. The largest absolute Gasteiger partial charge is 0.445 e. The van der Waals surface area contributed by atoms with Gasteiger partial charge in [-0.15, -0.1) is 5.10 Å². The number of rotatable bonds is 1. The van der Waals surface area contributed by atoms with Crippen LogP contribution in [0.2, 0.25) is 0 Å². The van der Waals surface area contributed by atoms with Crippen LogP contribution in [0.1, 0.15) is 10.7 Å². The molecule has 0 bridgehead atoms. The highest BCUT2D eigenvalue weighted by Gasteiger charge is 2.36. The fourth-order valence-electron chi connectivity index (χ4n) is 1.39. The molecular weight excluding hydrogens is 271 g/mol. The fraction of sp³-hybridized carbons (Fsp3) is 0.250. The molecule has 18 heavy (non-hydrogen) atoms. The van der Waals surface area contributed by atoms with E-state index in [1.54, 1.807) is 6.92 Å². The Bertz CT molecular complexity index is 680. The maximum atomic E-state index is 12.4. The smallest absolute Gasteiger partial charge is 0.244 e. The van der Waals surface area contributed by atoms with Gasteiger partial charge in [-0.1, -0.05) is 16.5 Å². The summed E-state index contributed by atoms with van der Waals surface area (Å²) in [4.78, 5) is 4.15. The molecule has 0 N–H and O–H groups in total. The Labute approximate surface area is 101 Å². The van der Waals surface area contributed by atoms with E-state index in [1.165, 1.54) is 6.20 Å². The molecule has 0 fully saturated rings. The summed E-state index contributed by atoms with van der Waals surface area (Å²) in [7, 11) is 0. The molecule has 0 saturated heterocycles. The highest BCUT2D eigenvalue weighted by atomic mass is 32.1. The molecule has 0 unspecified atom stereocenters. The first-order valence-corrected chi connectivity index (χ1v) is 5.50. The molecule has 0 saturated carbocycles. The number of alkyl halides is 3. The Hall–Kier alpha value is -1.97. The second-order valence-electron chi connectivity index (χ2n) is 3.46. The molecule has 0 radical (unpaired) electrons. The summed E-state index contributed by atoms with van der Waals surface area (Å²) in [5.41, 5.74) is 1.28. The third kappa shape index (κ3) is 1.65. The number of hydrogen-bond acceptors (Lipinski definition) is 6. The number of aromatic nitrogens is 5. The van der Waals surface area contributed by atoms with E-state index in [9.17, 15) is 13.2 Å². The van der Waals surface area contributed by atoms with E-state index in [0.29, 0.717) is 28.4 Å². The molecule has 0 spiro atoms. The average molecular weight is 275 g/mol. The Morgan fingerprint density at radius 2 is 2.11 bits per heavy atom. The van der Waals surface area contributed by atoms with Crippen LogP contribution in [0.25, 0.3) is 16.3 Å². The van der Waals surface area contributed by atoms with Crippen LogP contribution < -0.4 is 0 Å². The Morgan fingerprint density at radius 3 is 2.67 bits per heavy atom. The minimum absolute atomic E-state index is 0.139. The summed E-state index contributed by atoms with van der Waals surface area (Å²) in [6.07, 6.45) is -3.11. The van der Waals surface area contributed by atoms with Gasteiger partial charge in [0.25, 0.3) is 0 Å². The second kappa shape index (κ2) is 3.51. The first-order valence-electron chi connectivity index (χ1n) is 4.68. The van der Waals surface area contributed by atoms with Gasteiger partial charge in [-0.25, -0.2) is 14.1 Å². The molecule has 0 amide bonds. The molecule has 0 aliphatic carbocycles. The summed E-state index contributed by atoms with van der Waals surface area (Å²) in [5, 5.41) is 9.67. The normalized spacial score (nSPS) is 12.4. The van der Waals surface area contributed by atoms with Crippen LogP contribution in [0.4, 0.5) is 13.2 Å². The van der Waals surface area contributed by atoms with Crippen LogP contribution in [-0.4, -0.2) is 24.9 Å². The van der Waals surface area contributed by atoms with E-state index in [4.69, 9.17) is 0 Å². The van der Waals surface area contributed by atoms with Crippen LogP contribution in [0.5, 0.6) is 0 Å². The number of fused-ring (bicyclic) bond motifs is 1. The third-order valence-electron chi connectivity index (χ3n) is 2.18. The molecule has 0 aliphatic heterocycles. The molecule has 0 aliphatic rings. The molecule has 3 aromatic heterocycles. The molecule has 3 heterocycles. The molecule has 0 aromatic carbocycles. The van der Waals surface area contributed by atoms with Gasteiger partial charge in [0, 0.05) is 0 Å². The first-order chi connectivity index (χ1) is 8.45. The topological polar surface area (TPSA) is 69.1 Å². The lowest BCUT2D eigenvalue weighted by Crippen LogP contribution is -2.04. The van der Waals surface area contributed by atoms with Crippen molar-refractivity contribution in [3.8, 4) is 11.4 Å².